The summed E-state index contributed by atoms with van der Waals surface area (Å²) in [5.41, 5.74) is -0.109. The van der Waals surface area contributed by atoms with Crippen molar-refractivity contribution in [3.05, 3.63) is 41.6 Å². The Hall–Kier alpha value is -2.33. The molecule has 0 unspecified atom stereocenters. The maximum absolute atomic E-state index is 13.4. The minimum Gasteiger partial charge on any atom is -0.322 e. The second-order valence-electron chi connectivity index (χ2n) is 6.60. The summed E-state index contributed by atoms with van der Waals surface area (Å²) in [6.07, 6.45) is 4.77. The zero-order valence-electron chi connectivity index (χ0n) is 15.5. The third-order valence-corrected chi connectivity index (χ3v) is 6.46. The fourth-order valence-corrected chi connectivity index (χ4v) is 4.70. The summed E-state index contributed by atoms with van der Waals surface area (Å²) >= 11 is 0. The highest BCUT2D eigenvalue weighted by atomic mass is 32.2. The number of aromatic nitrogens is 2. The smallest absolute Gasteiger partial charge is 0.263 e. The Morgan fingerprint density at radius 2 is 1.82 bits per heavy atom. The van der Waals surface area contributed by atoms with E-state index in [1.807, 2.05) is 0 Å². The molecule has 1 fully saturated rings. The summed E-state index contributed by atoms with van der Waals surface area (Å²) in [5.74, 6) is -2.90. The van der Waals surface area contributed by atoms with Gasteiger partial charge in [-0.25, -0.2) is 17.2 Å². The molecule has 0 spiro atoms. The van der Waals surface area contributed by atoms with Crippen LogP contribution in [0.25, 0.3) is 0 Å². The van der Waals surface area contributed by atoms with E-state index in [1.54, 1.807) is 6.92 Å². The number of hydrogen-bond acceptors (Lipinski definition) is 4. The molecule has 3 rings (SSSR count). The van der Waals surface area contributed by atoms with E-state index in [-0.39, 0.29) is 16.3 Å². The topological polar surface area (TPSA) is 84.3 Å². The SMILES string of the molecule is CCn1cc(C(=O)Nc2ccc(F)c(F)c2)c(S(=O)(=O)N2CCCCCC2)n1. The molecule has 2 heterocycles. The van der Waals surface area contributed by atoms with Crippen molar-refractivity contribution in [1.29, 1.82) is 0 Å². The number of anilines is 1. The molecule has 0 atom stereocenters. The zero-order chi connectivity index (χ0) is 20.3. The van der Waals surface area contributed by atoms with Gasteiger partial charge in [0.05, 0.1) is 5.56 Å². The van der Waals surface area contributed by atoms with E-state index in [2.05, 4.69) is 10.4 Å². The molecule has 1 aliphatic heterocycles. The van der Waals surface area contributed by atoms with Gasteiger partial charge in [-0.15, -0.1) is 0 Å². The second kappa shape index (κ2) is 8.36. The summed E-state index contributed by atoms with van der Waals surface area (Å²) in [5, 5.41) is 6.18. The van der Waals surface area contributed by atoms with Crippen LogP contribution in [0, 0.1) is 11.6 Å². The number of aryl methyl sites for hydroxylation is 1. The summed E-state index contributed by atoms with van der Waals surface area (Å²) in [7, 11) is -3.95. The quantitative estimate of drug-likeness (QED) is 0.818. The van der Waals surface area contributed by atoms with E-state index in [4.69, 9.17) is 0 Å². The number of benzene rings is 1. The Balaban J connectivity index is 1.93. The van der Waals surface area contributed by atoms with Crippen molar-refractivity contribution >= 4 is 21.6 Å². The van der Waals surface area contributed by atoms with Gasteiger partial charge in [0.25, 0.3) is 15.9 Å². The molecule has 1 aliphatic rings. The van der Waals surface area contributed by atoms with Gasteiger partial charge in [0.15, 0.2) is 11.6 Å². The van der Waals surface area contributed by atoms with Gasteiger partial charge in [-0.05, 0) is 31.9 Å². The van der Waals surface area contributed by atoms with Crippen molar-refractivity contribution in [2.24, 2.45) is 0 Å². The Morgan fingerprint density at radius 1 is 1.14 bits per heavy atom. The highest BCUT2D eigenvalue weighted by molar-refractivity contribution is 7.89. The minimum absolute atomic E-state index is 0.0197. The third kappa shape index (κ3) is 4.22. The lowest BCUT2D eigenvalue weighted by molar-refractivity contribution is 0.102. The molecule has 0 saturated carbocycles. The van der Waals surface area contributed by atoms with E-state index < -0.39 is 27.6 Å². The monoisotopic (exact) mass is 412 g/mol. The van der Waals surface area contributed by atoms with Crippen molar-refractivity contribution in [3.8, 4) is 0 Å². The first-order valence-corrected chi connectivity index (χ1v) is 10.6. The number of nitrogens with one attached hydrogen (secondary N) is 1. The Kier molecular flexibility index (Phi) is 6.09. The van der Waals surface area contributed by atoms with Crippen LogP contribution in [-0.4, -0.2) is 41.5 Å². The summed E-state index contributed by atoms with van der Waals surface area (Å²) in [6.45, 7) is 2.91. The summed E-state index contributed by atoms with van der Waals surface area (Å²) in [4.78, 5) is 12.7. The fourth-order valence-electron chi connectivity index (χ4n) is 3.09. The van der Waals surface area contributed by atoms with Gasteiger partial charge in [-0.3, -0.25) is 9.48 Å². The van der Waals surface area contributed by atoms with Crippen molar-refractivity contribution in [2.75, 3.05) is 18.4 Å². The molecule has 1 aromatic heterocycles. The van der Waals surface area contributed by atoms with Gasteiger partial charge in [0, 0.05) is 37.6 Å². The summed E-state index contributed by atoms with van der Waals surface area (Å²) in [6, 6.07) is 2.92. The lowest BCUT2D eigenvalue weighted by Crippen LogP contribution is -2.33. The molecule has 0 radical (unpaired) electrons. The van der Waals surface area contributed by atoms with E-state index in [9.17, 15) is 22.0 Å². The van der Waals surface area contributed by atoms with Crippen LogP contribution in [0.5, 0.6) is 0 Å². The number of carbonyl (C=O) groups is 1. The Bertz CT molecular complexity index is 967. The zero-order valence-corrected chi connectivity index (χ0v) is 16.3. The molecule has 28 heavy (non-hydrogen) atoms. The number of sulfonamides is 1. The molecule has 1 amide bonds. The molecule has 7 nitrogen and oxygen atoms in total. The first-order chi connectivity index (χ1) is 13.3. The van der Waals surface area contributed by atoms with Gasteiger partial charge in [0.2, 0.25) is 5.03 Å². The van der Waals surface area contributed by atoms with E-state index in [0.717, 1.165) is 37.8 Å². The summed E-state index contributed by atoms with van der Waals surface area (Å²) < 4.78 is 55.4. The van der Waals surface area contributed by atoms with Crippen LogP contribution < -0.4 is 5.32 Å². The molecule has 2 aromatic rings. The van der Waals surface area contributed by atoms with Crippen molar-refractivity contribution < 1.29 is 22.0 Å². The van der Waals surface area contributed by atoms with Crippen LogP contribution in [0.2, 0.25) is 0 Å². The van der Waals surface area contributed by atoms with Crippen molar-refractivity contribution in [1.82, 2.24) is 14.1 Å². The molecule has 1 saturated heterocycles. The van der Waals surface area contributed by atoms with Crippen LogP contribution in [-0.2, 0) is 16.6 Å². The number of nitrogens with zero attached hydrogens (tertiary/aromatic N) is 3. The van der Waals surface area contributed by atoms with E-state index in [1.165, 1.54) is 21.3 Å². The lowest BCUT2D eigenvalue weighted by atomic mass is 10.2. The van der Waals surface area contributed by atoms with Gasteiger partial charge >= 0.3 is 0 Å². The number of carbonyl (C=O) groups excluding carboxylic acids is 1. The molecule has 1 N–H and O–H groups in total. The predicted molar refractivity (Wildman–Crippen MR) is 99.4 cm³/mol. The molecule has 10 heteroatoms. The van der Waals surface area contributed by atoms with Crippen molar-refractivity contribution in [2.45, 2.75) is 44.2 Å². The number of hydrogen-bond donors (Lipinski definition) is 1. The van der Waals surface area contributed by atoms with Crippen LogP contribution in [0.3, 0.4) is 0 Å². The normalized spacial score (nSPS) is 16.0. The molecule has 0 aliphatic carbocycles. The van der Waals surface area contributed by atoms with Crippen LogP contribution in [0.1, 0.15) is 43.0 Å². The van der Waals surface area contributed by atoms with Gasteiger partial charge in [-0.1, -0.05) is 12.8 Å². The average molecular weight is 412 g/mol. The molecular formula is C18H22F2N4O3S. The van der Waals surface area contributed by atoms with E-state index in [0.29, 0.717) is 19.6 Å². The minimum atomic E-state index is -3.95. The average Bonchev–Trinajstić information content (AvgIpc) is 2.92. The lowest BCUT2D eigenvalue weighted by Gasteiger charge is -2.19. The highest BCUT2D eigenvalue weighted by Crippen LogP contribution is 2.23. The fraction of sp³-hybridized carbons (Fsp3) is 0.444. The number of rotatable bonds is 5. The third-order valence-electron chi connectivity index (χ3n) is 4.62. The Labute approximate surface area is 162 Å². The molecule has 152 valence electrons. The van der Waals surface area contributed by atoms with Crippen LogP contribution in [0.15, 0.2) is 29.4 Å². The maximum Gasteiger partial charge on any atom is 0.263 e. The van der Waals surface area contributed by atoms with E-state index >= 15 is 0 Å². The number of amides is 1. The highest BCUT2D eigenvalue weighted by Gasteiger charge is 2.33. The maximum atomic E-state index is 13.4. The van der Waals surface area contributed by atoms with Crippen molar-refractivity contribution in [3.63, 3.8) is 0 Å². The van der Waals surface area contributed by atoms with Gasteiger partial charge in [0.1, 0.15) is 0 Å². The Morgan fingerprint density at radius 3 is 2.43 bits per heavy atom. The first-order valence-electron chi connectivity index (χ1n) is 9.17. The van der Waals surface area contributed by atoms with Gasteiger partial charge < -0.3 is 5.32 Å². The predicted octanol–water partition coefficient (Wildman–Crippen LogP) is 3.00. The van der Waals surface area contributed by atoms with Crippen LogP contribution in [0.4, 0.5) is 14.5 Å². The second-order valence-corrected chi connectivity index (χ2v) is 8.46. The standard InChI is InChI=1S/C18H22F2N4O3S/c1-2-23-12-14(17(25)21-13-7-8-15(19)16(20)11-13)18(22-23)28(26,27)24-9-5-3-4-6-10-24/h7-8,11-12H,2-6,9-10H2,1H3,(H,21,25). The first kappa shape index (κ1) is 20.4. The molecule has 1 aromatic carbocycles. The molecular weight excluding hydrogens is 390 g/mol. The number of halogens is 2. The molecule has 0 bridgehead atoms. The largest absolute Gasteiger partial charge is 0.322 e. The van der Waals surface area contributed by atoms with Gasteiger partial charge in [-0.2, -0.15) is 9.40 Å². The van der Waals surface area contributed by atoms with Crippen LogP contribution >= 0.6 is 0 Å².